The number of fused-ring (bicyclic) bond motifs is 4. The summed E-state index contributed by atoms with van der Waals surface area (Å²) in [6, 6.07) is 63.2. The minimum atomic E-state index is -0.581. The van der Waals surface area contributed by atoms with Gasteiger partial charge >= 0.3 is 0 Å². The van der Waals surface area contributed by atoms with Crippen LogP contribution < -0.4 is 0 Å². The van der Waals surface area contributed by atoms with E-state index in [0.29, 0.717) is 33.1 Å². The van der Waals surface area contributed by atoms with E-state index in [4.69, 9.17) is 0 Å². The molecule has 0 radical (unpaired) electrons. The lowest BCUT2D eigenvalue weighted by atomic mass is 9.84. The fourth-order valence-corrected chi connectivity index (χ4v) is 10.4. The van der Waals surface area contributed by atoms with Crippen molar-refractivity contribution >= 4 is 43.1 Å². The van der Waals surface area contributed by atoms with Crippen molar-refractivity contribution < 1.29 is 13.2 Å². The molecule has 0 heterocycles. The second-order valence-electron chi connectivity index (χ2n) is 17.8. The van der Waals surface area contributed by atoms with Gasteiger partial charge in [-0.05, 0) is 121 Å². The van der Waals surface area contributed by atoms with Gasteiger partial charge in [-0.15, -0.1) is 0 Å². The van der Waals surface area contributed by atoms with E-state index >= 15 is 13.2 Å². The lowest BCUT2D eigenvalue weighted by Crippen LogP contribution is -2.06. The number of rotatable bonds is 6. The molecular formula is C60H47F3. The maximum Gasteiger partial charge on any atom is 0.131 e. The van der Waals surface area contributed by atoms with Crippen LogP contribution in [0.25, 0.3) is 87.6 Å². The summed E-state index contributed by atoms with van der Waals surface area (Å²) in [6.07, 6.45) is 5.22. The quantitative estimate of drug-likeness (QED) is 0.147. The Kier molecular flexibility index (Phi) is 10.6. The number of benzene rings is 10. The van der Waals surface area contributed by atoms with Crippen LogP contribution in [-0.2, 0) is 6.42 Å². The van der Waals surface area contributed by atoms with E-state index in [9.17, 15) is 0 Å². The minimum absolute atomic E-state index is 0.0904. The third kappa shape index (κ3) is 7.56. The third-order valence-corrected chi connectivity index (χ3v) is 13.1. The molecule has 1 fully saturated rings. The van der Waals surface area contributed by atoms with E-state index in [2.05, 4.69) is 117 Å². The normalized spacial score (nSPS) is 14.6. The SMILES string of the molecule is CC1(C)CCC(Cc2ccc3c(-c4ccccc4)c4ccccc4c(-c4ccccc4)c3c2)C1.Fc1cccc2c(-c3ccccc3)c3c(F)ccc(F)c3c(-c3ccccc3)c12. The van der Waals surface area contributed by atoms with Gasteiger partial charge in [0.15, 0.2) is 0 Å². The first-order valence-corrected chi connectivity index (χ1v) is 22.0. The van der Waals surface area contributed by atoms with Crippen LogP contribution in [0.4, 0.5) is 13.2 Å². The summed E-state index contributed by atoms with van der Waals surface area (Å²) in [6.45, 7) is 4.86. The zero-order chi connectivity index (χ0) is 43.1. The molecule has 3 heteroatoms. The van der Waals surface area contributed by atoms with E-state index in [0.717, 1.165) is 18.1 Å². The van der Waals surface area contributed by atoms with Gasteiger partial charge < -0.3 is 0 Å². The minimum Gasteiger partial charge on any atom is -0.206 e. The van der Waals surface area contributed by atoms with Gasteiger partial charge in [0.25, 0.3) is 0 Å². The molecule has 0 aliphatic heterocycles. The van der Waals surface area contributed by atoms with Crippen molar-refractivity contribution in [1.29, 1.82) is 0 Å². The van der Waals surface area contributed by atoms with Crippen LogP contribution in [0.1, 0.15) is 38.7 Å². The Hall–Kier alpha value is -6.97. The Morgan fingerprint density at radius 2 is 0.825 bits per heavy atom. The lowest BCUT2D eigenvalue weighted by Gasteiger charge is -2.20. The summed E-state index contributed by atoms with van der Waals surface area (Å²) >= 11 is 0. The summed E-state index contributed by atoms with van der Waals surface area (Å²) < 4.78 is 45.5. The summed E-state index contributed by atoms with van der Waals surface area (Å²) in [7, 11) is 0. The molecule has 1 saturated carbocycles. The maximum atomic E-state index is 15.2. The summed E-state index contributed by atoms with van der Waals surface area (Å²) in [5.41, 5.74) is 9.45. The molecular weight excluding hydrogens is 778 g/mol. The van der Waals surface area contributed by atoms with Gasteiger partial charge in [-0.25, -0.2) is 13.2 Å². The van der Waals surface area contributed by atoms with E-state index in [1.807, 2.05) is 36.4 Å². The largest absolute Gasteiger partial charge is 0.206 e. The van der Waals surface area contributed by atoms with Crippen molar-refractivity contribution in [1.82, 2.24) is 0 Å². The van der Waals surface area contributed by atoms with Gasteiger partial charge in [0.2, 0.25) is 0 Å². The molecule has 11 rings (SSSR count). The van der Waals surface area contributed by atoms with Crippen molar-refractivity contribution in [2.75, 3.05) is 0 Å². The Morgan fingerprint density at radius 1 is 0.397 bits per heavy atom. The van der Waals surface area contributed by atoms with Crippen LogP contribution in [0.5, 0.6) is 0 Å². The number of hydrogen-bond donors (Lipinski definition) is 0. The van der Waals surface area contributed by atoms with Crippen LogP contribution in [0.3, 0.4) is 0 Å². The Morgan fingerprint density at radius 3 is 1.35 bits per heavy atom. The average Bonchev–Trinajstić information content (AvgIpc) is 3.67. The highest BCUT2D eigenvalue weighted by molar-refractivity contribution is 6.23. The van der Waals surface area contributed by atoms with Crippen molar-refractivity contribution in [3.63, 3.8) is 0 Å². The molecule has 0 aromatic heterocycles. The molecule has 0 bridgehead atoms. The molecule has 1 aliphatic carbocycles. The molecule has 1 aliphatic rings. The fraction of sp³-hybridized carbons (Fsp3) is 0.133. The van der Waals surface area contributed by atoms with Gasteiger partial charge in [-0.2, -0.15) is 0 Å². The monoisotopic (exact) mass is 824 g/mol. The molecule has 0 spiro atoms. The second kappa shape index (κ2) is 16.7. The van der Waals surface area contributed by atoms with Gasteiger partial charge in [0, 0.05) is 27.3 Å². The predicted molar refractivity (Wildman–Crippen MR) is 259 cm³/mol. The van der Waals surface area contributed by atoms with E-state index in [-0.39, 0.29) is 16.2 Å². The van der Waals surface area contributed by atoms with Crippen molar-refractivity contribution in [2.24, 2.45) is 11.3 Å². The van der Waals surface area contributed by atoms with Crippen molar-refractivity contribution in [3.05, 3.63) is 217 Å². The first-order valence-electron chi connectivity index (χ1n) is 22.0. The van der Waals surface area contributed by atoms with E-state index in [1.54, 1.807) is 36.4 Å². The zero-order valence-corrected chi connectivity index (χ0v) is 35.5. The molecule has 308 valence electrons. The summed E-state index contributed by atoms with van der Waals surface area (Å²) in [5.74, 6) is -0.794. The molecule has 1 unspecified atom stereocenters. The van der Waals surface area contributed by atoms with Crippen LogP contribution in [0.15, 0.2) is 194 Å². The van der Waals surface area contributed by atoms with Crippen LogP contribution >= 0.6 is 0 Å². The maximum absolute atomic E-state index is 15.2. The molecule has 63 heavy (non-hydrogen) atoms. The predicted octanol–water partition coefficient (Wildman–Crippen LogP) is 17.4. The van der Waals surface area contributed by atoms with Crippen LogP contribution in [0.2, 0.25) is 0 Å². The van der Waals surface area contributed by atoms with Crippen molar-refractivity contribution in [2.45, 2.75) is 39.5 Å². The Labute approximate surface area is 367 Å². The lowest BCUT2D eigenvalue weighted by molar-refractivity contribution is 0.360. The van der Waals surface area contributed by atoms with E-state index < -0.39 is 17.5 Å². The molecule has 0 N–H and O–H groups in total. The first-order chi connectivity index (χ1) is 30.8. The Bertz CT molecular complexity index is 3270. The highest BCUT2D eigenvalue weighted by Crippen LogP contribution is 2.48. The van der Waals surface area contributed by atoms with Gasteiger partial charge in [0.1, 0.15) is 17.5 Å². The average molecular weight is 825 g/mol. The molecule has 0 amide bonds. The first kappa shape index (κ1) is 40.1. The number of halogens is 3. The molecule has 10 aromatic carbocycles. The topological polar surface area (TPSA) is 0 Å². The highest BCUT2D eigenvalue weighted by Gasteiger charge is 2.31. The Balaban J connectivity index is 0.000000152. The van der Waals surface area contributed by atoms with Crippen molar-refractivity contribution in [3.8, 4) is 44.5 Å². The standard InChI is InChI=1S/C34H32.C26H15F3/c1-34(2)20-19-25(23-34)21-24-17-18-30-31(22-24)33(27-13-7-4-8-14-27)29-16-10-9-15-28(29)32(30)26-11-5-3-6-12-26;27-19-13-7-12-18-22(16-8-3-1-4-9-16)25-20(28)14-15-21(29)26(25)23(24(18)19)17-10-5-2-6-11-17/h3-18,22,25H,19-21,23H2,1-2H3;1-15H. The fourth-order valence-electron chi connectivity index (χ4n) is 10.4. The molecule has 0 nitrogen and oxygen atoms in total. The summed E-state index contributed by atoms with van der Waals surface area (Å²) in [5, 5.41) is 6.46. The molecule has 0 saturated heterocycles. The van der Waals surface area contributed by atoms with Crippen LogP contribution in [-0.4, -0.2) is 0 Å². The smallest absolute Gasteiger partial charge is 0.131 e. The van der Waals surface area contributed by atoms with Crippen LogP contribution in [0, 0.1) is 28.8 Å². The van der Waals surface area contributed by atoms with Gasteiger partial charge in [0.05, 0.1) is 0 Å². The molecule has 10 aromatic rings. The molecule has 1 atom stereocenters. The number of hydrogen-bond acceptors (Lipinski definition) is 0. The van der Waals surface area contributed by atoms with Gasteiger partial charge in [-0.3, -0.25) is 0 Å². The zero-order valence-electron chi connectivity index (χ0n) is 35.5. The van der Waals surface area contributed by atoms with E-state index in [1.165, 1.54) is 81.1 Å². The highest BCUT2D eigenvalue weighted by atomic mass is 19.1. The van der Waals surface area contributed by atoms with Gasteiger partial charge in [-0.1, -0.05) is 190 Å². The summed E-state index contributed by atoms with van der Waals surface area (Å²) in [4.78, 5) is 0. The second-order valence-corrected chi connectivity index (χ2v) is 17.8. The third-order valence-electron chi connectivity index (χ3n) is 13.1.